The van der Waals surface area contributed by atoms with E-state index in [0.29, 0.717) is 16.7 Å². The van der Waals surface area contributed by atoms with Crippen molar-refractivity contribution in [3.8, 4) is 11.8 Å². The summed E-state index contributed by atoms with van der Waals surface area (Å²) in [4.78, 5) is 29.9. The average molecular weight is 399 g/mol. The summed E-state index contributed by atoms with van der Waals surface area (Å²) in [7, 11) is 1.48. The summed E-state index contributed by atoms with van der Waals surface area (Å²) >= 11 is 0. The molecule has 4 rings (SSSR count). The zero-order valence-electron chi connectivity index (χ0n) is 16.2. The van der Waals surface area contributed by atoms with E-state index in [0.717, 1.165) is 10.8 Å². The molecule has 0 aliphatic carbocycles. The van der Waals surface area contributed by atoms with Crippen LogP contribution in [-0.2, 0) is 17.9 Å². The minimum Gasteiger partial charge on any atom is -0.496 e. The quantitative estimate of drug-likeness (QED) is 0.477. The Morgan fingerprint density at radius 2 is 1.80 bits per heavy atom. The van der Waals surface area contributed by atoms with Crippen molar-refractivity contribution < 1.29 is 14.3 Å². The maximum Gasteiger partial charge on any atom is 0.342 e. The van der Waals surface area contributed by atoms with Crippen molar-refractivity contribution in [3.63, 3.8) is 0 Å². The fraction of sp³-hybridized carbons (Fsp3) is 0.130. The number of nitrogens with zero attached hydrogens (tertiary/aromatic N) is 3. The van der Waals surface area contributed by atoms with Gasteiger partial charge in [0.05, 0.1) is 24.1 Å². The van der Waals surface area contributed by atoms with Gasteiger partial charge in [0.15, 0.2) is 5.82 Å². The molecule has 0 aliphatic rings. The fourth-order valence-corrected chi connectivity index (χ4v) is 3.31. The molecule has 0 saturated heterocycles. The van der Waals surface area contributed by atoms with Crippen LogP contribution in [0.3, 0.4) is 0 Å². The van der Waals surface area contributed by atoms with Gasteiger partial charge >= 0.3 is 5.97 Å². The Labute approximate surface area is 171 Å². The Morgan fingerprint density at radius 3 is 2.53 bits per heavy atom. The highest BCUT2D eigenvalue weighted by Gasteiger charge is 2.17. The van der Waals surface area contributed by atoms with Gasteiger partial charge in [0.2, 0.25) is 0 Å². The van der Waals surface area contributed by atoms with Crippen LogP contribution in [0.2, 0.25) is 0 Å². The summed E-state index contributed by atoms with van der Waals surface area (Å²) < 4.78 is 12.0. The molecule has 0 N–H and O–H groups in total. The van der Waals surface area contributed by atoms with Gasteiger partial charge < -0.3 is 9.47 Å². The normalized spacial score (nSPS) is 10.7. The van der Waals surface area contributed by atoms with Crippen molar-refractivity contribution in [2.45, 2.75) is 13.2 Å². The summed E-state index contributed by atoms with van der Waals surface area (Å²) in [6.07, 6.45) is 0. The molecule has 0 atom stereocenters. The number of carbonyl (C=O) groups is 1. The van der Waals surface area contributed by atoms with Crippen LogP contribution < -0.4 is 10.3 Å². The predicted molar refractivity (Wildman–Crippen MR) is 111 cm³/mol. The molecule has 3 aromatic carbocycles. The number of esters is 1. The number of methoxy groups -OCH3 is 1. The smallest absolute Gasteiger partial charge is 0.342 e. The first kappa shape index (κ1) is 19.2. The predicted octanol–water partition coefficient (Wildman–Crippen LogP) is 3.44. The van der Waals surface area contributed by atoms with Gasteiger partial charge in [-0.2, -0.15) is 5.26 Å². The van der Waals surface area contributed by atoms with E-state index in [1.807, 2.05) is 30.3 Å². The van der Waals surface area contributed by atoms with Crippen molar-refractivity contribution in [1.29, 1.82) is 5.26 Å². The highest BCUT2D eigenvalue weighted by atomic mass is 16.5. The van der Waals surface area contributed by atoms with E-state index in [1.54, 1.807) is 36.4 Å². The molecule has 0 amide bonds. The molecular weight excluding hydrogens is 382 g/mol. The average Bonchev–Trinajstić information content (AvgIpc) is 2.78. The largest absolute Gasteiger partial charge is 0.496 e. The molecule has 0 spiro atoms. The molecule has 7 heteroatoms. The van der Waals surface area contributed by atoms with E-state index in [2.05, 4.69) is 4.98 Å². The van der Waals surface area contributed by atoms with Gasteiger partial charge in [-0.1, -0.05) is 36.4 Å². The molecular formula is C23H17N3O4. The summed E-state index contributed by atoms with van der Waals surface area (Å²) in [5.74, 6) is -0.0172. The number of hydrogen-bond donors (Lipinski definition) is 0. The number of carbonyl (C=O) groups excluding carboxylic acids is 1. The van der Waals surface area contributed by atoms with E-state index in [1.165, 1.54) is 11.7 Å². The zero-order valence-corrected chi connectivity index (χ0v) is 16.2. The standard InChI is InChI=1S/C23H17N3O4/c1-29-20-13-16-7-3-2-6-15(16)12-18(20)23(28)30-14-21-25-19-9-5-4-8-17(19)22(27)26(21)11-10-24/h2-9,12-13H,11,14H2,1H3. The first-order valence-corrected chi connectivity index (χ1v) is 9.21. The van der Waals surface area contributed by atoms with Gasteiger partial charge in [0.25, 0.3) is 5.56 Å². The lowest BCUT2D eigenvalue weighted by Gasteiger charge is -2.13. The molecule has 0 fully saturated rings. The molecule has 0 radical (unpaired) electrons. The van der Waals surface area contributed by atoms with E-state index < -0.39 is 5.97 Å². The Morgan fingerprint density at radius 1 is 1.10 bits per heavy atom. The summed E-state index contributed by atoms with van der Waals surface area (Å²) in [5.41, 5.74) is 0.397. The molecule has 4 aromatic rings. The maximum absolute atomic E-state index is 12.8. The Kier molecular flexibility index (Phi) is 5.14. The number of rotatable bonds is 5. The molecule has 0 unspecified atom stereocenters. The lowest BCUT2D eigenvalue weighted by molar-refractivity contribution is 0.0454. The molecule has 148 valence electrons. The van der Waals surface area contributed by atoms with Crippen LogP contribution in [0.1, 0.15) is 16.2 Å². The van der Waals surface area contributed by atoms with Crippen molar-refractivity contribution >= 4 is 27.6 Å². The van der Waals surface area contributed by atoms with Crippen molar-refractivity contribution in [2.24, 2.45) is 0 Å². The lowest BCUT2D eigenvalue weighted by Crippen LogP contribution is -2.26. The summed E-state index contributed by atoms with van der Waals surface area (Å²) in [5, 5.41) is 11.3. The second-order valence-electron chi connectivity index (χ2n) is 6.57. The van der Waals surface area contributed by atoms with E-state index in [9.17, 15) is 9.59 Å². The maximum atomic E-state index is 12.8. The Bertz CT molecular complexity index is 1370. The van der Waals surface area contributed by atoms with Gasteiger partial charge in [-0.15, -0.1) is 0 Å². The molecule has 0 saturated carbocycles. The second-order valence-corrected chi connectivity index (χ2v) is 6.57. The van der Waals surface area contributed by atoms with Crippen molar-refractivity contribution in [2.75, 3.05) is 7.11 Å². The van der Waals surface area contributed by atoms with Crippen LogP contribution >= 0.6 is 0 Å². The SMILES string of the molecule is COc1cc2ccccc2cc1C(=O)OCc1nc2ccccc2c(=O)n1CC#N. The highest BCUT2D eigenvalue weighted by molar-refractivity contribution is 5.98. The topological polar surface area (TPSA) is 94.2 Å². The Balaban J connectivity index is 1.68. The van der Waals surface area contributed by atoms with Crippen LogP contribution in [0.5, 0.6) is 5.75 Å². The molecule has 1 heterocycles. The van der Waals surface area contributed by atoms with Crippen LogP contribution in [0.25, 0.3) is 21.7 Å². The number of ether oxygens (including phenoxy) is 2. The minimum atomic E-state index is -0.608. The van der Waals surface area contributed by atoms with Crippen molar-refractivity contribution in [1.82, 2.24) is 9.55 Å². The van der Waals surface area contributed by atoms with E-state index in [4.69, 9.17) is 14.7 Å². The van der Waals surface area contributed by atoms with Gasteiger partial charge in [0, 0.05) is 0 Å². The number of fused-ring (bicyclic) bond motifs is 2. The number of benzene rings is 3. The molecule has 1 aromatic heterocycles. The third-order valence-electron chi connectivity index (χ3n) is 4.79. The monoisotopic (exact) mass is 399 g/mol. The molecule has 0 aliphatic heterocycles. The second kappa shape index (κ2) is 8.05. The van der Waals surface area contributed by atoms with E-state index >= 15 is 0 Å². The molecule has 7 nitrogen and oxygen atoms in total. The number of para-hydroxylation sites is 1. The van der Waals surface area contributed by atoms with Crippen LogP contribution in [-0.4, -0.2) is 22.6 Å². The van der Waals surface area contributed by atoms with Gasteiger partial charge in [-0.25, -0.2) is 9.78 Å². The summed E-state index contributed by atoms with van der Waals surface area (Å²) in [6.45, 7) is -0.445. The minimum absolute atomic E-state index is 0.192. The summed E-state index contributed by atoms with van der Waals surface area (Å²) in [6, 6.07) is 19.9. The van der Waals surface area contributed by atoms with E-state index in [-0.39, 0.29) is 30.1 Å². The first-order chi connectivity index (χ1) is 14.6. The van der Waals surface area contributed by atoms with Gasteiger partial charge in [-0.3, -0.25) is 9.36 Å². The number of hydrogen-bond acceptors (Lipinski definition) is 6. The number of aromatic nitrogens is 2. The lowest BCUT2D eigenvalue weighted by atomic mass is 10.1. The zero-order chi connectivity index (χ0) is 21.1. The highest BCUT2D eigenvalue weighted by Crippen LogP contribution is 2.26. The third-order valence-corrected chi connectivity index (χ3v) is 4.79. The van der Waals surface area contributed by atoms with Gasteiger partial charge in [0.1, 0.15) is 24.5 Å². The van der Waals surface area contributed by atoms with Crippen LogP contribution in [0.15, 0.2) is 65.5 Å². The Hall–Kier alpha value is -4.18. The molecule has 30 heavy (non-hydrogen) atoms. The van der Waals surface area contributed by atoms with Crippen LogP contribution in [0, 0.1) is 11.3 Å². The van der Waals surface area contributed by atoms with Crippen molar-refractivity contribution in [3.05, 3.63) is 82.4 Å². The third kappa shape index (κ3) is 3.47. The van der Waals surface area contributed by atoms with Gasteiger partial charge in [-0.05, 0) is 35.0 Å². The fourth-order valence-electron chi connectivity index (χ4n) is 3.31. The molecule has 0 bridgehead atoms. The number of nitriles is 1. The first-order valence-electron chi connectivity index (χ1n) is 9.21. The van der Waals surface area contributed by atoms with Crippen LogP contribution in [0.4, 0.5) is 0 Å².